The van der Waals surface area contributed by atoms with Gasteiger partial charge in [-0.2, -0.15) is 4.31 Å². The van der Waals surface area contributed by atoms with Crippen LogP contribution in [0.25, 0.3) is 0 Å². The van der Waals surface area contributed by atoms with Crippen LogP contribution in [0.4, 0.5) is 4.39 Å². The molecule has 2 aromatic carbocycles. The number of rotatable bonds is 7. The van der Waals surface area contributed by atoms with E-state index in [4.69, 9.17) is 4.74 Å². The molecule has 172 valence electrons. The standard InChI is InChI=1S/C24H29FN2O4S/c1-17-3-8-20(9-4-17)24(28)26(14-19-6-7-19)15-21-16-27(11-12-31-21)32(29,30)22-10-5-18(2)23(25)13-22/h3-5,8-10,13,19,21H,6-7,11-12,14-16H2,1-2H3. The highest BCUT2D eigenvalue weighted by atomic mass is 32.2. The van der Waals surface area contributed by atoms with Gasteiger partial charge in [0.05, 0.1) is 17.6 Å². The monoisotopic (exact) mass is 460 g/mol. The minimum Gasteiger partial charge on any atom is -0.374 e. The molecule has 2 fully saturated rings. The number of aryl methyl sites for hydroxylation is 2. The minimum absolute atomic E-state index is 0.0631. The fourth-order valence-electron chi connectivity index (χ4n) is 3.88. The minimum atomic E-state index is -3.85. The van der Waals surface area contributed by atoms with E-state index in [0.717, 1.165) is 24.5 Å². The van der Waals surface area contributed by atoms with Crippen LogP contribution >= 0.6 is 0 Å². The first-order chi connectivity index (χ1) is 15.2. The predicted octanol–water partition coefficient (Wildman–Crippen LogP) is 3.38. The lowest BCUT2D eigenvalue weighted by Crippen LogP contribution is -2.50. The second-order valence-corrected chi connectivity index (χ2v) is 10.7. The topological polar surface area (TPSA) is 66.9 Å². The molecule has 0 N–H and O–H groups in total. The zero-order valence-electron chi connectivity index (χ0n) is 18.5. The van der Waals surface area contributed by atoms with Crippen LogP contribution in [0.2, 0.25) is 0 Å². The number of nitrogens with zero attached hydrogens (tertiary/aromatic N) is 2. The van der Waals surface area contributed by atoms with Gasteiger partial charge in [-0.05, 0) is 62.4 Å². The summed E-state index contributed by atoms with van der Waals surface area (Å²) in [6.45, 7) is 5.08. The van der Waals surface area contributed by atoms with Crippen LogP contribution in [0, 0.1) is 25.6 Å². The van der Waals surface area contributed by atoms with E-state index in [1.54, 1.807) is 11.8 Å². The molecule has 1 saturated carbocycles. The van der Waals surface area contributed by atoms with Crippen molar-refractivity contribution in [2.45, 2.75) is 37.7 Å². The number of amides is 1. The Balaban J connectivity index is 1.48. The smallest absolute Gasteiger partial charge is 0.253 e. The highest BCUT2D eigenvalue weighted by Crippen LogP contribution is 2.30. The number of sulfonamides is 1. The van der Waals surface area contributed by atoms with E-state index in [0.29, 0.717) is 30.1 Å². The van der Waals surface area contributed by atoms with Crippen molar-refractivity contribution in [1.29, 1.82) is 0 Å². The highest BCUT2D eigenvalue weighted by Gasteiger charge is 2.34. The van der Waals surface area contributed by atoms with Crippen molar-refractivity contribution in [3.63, 3.8) is 0 Å². The number of benzene rings is 2. The maximum Gasteiger partial charge on any atom is 0.253 e. The molecule has 0 aromatic heterocycles. The number of halogens is 1. The van der Waals surface area contributed by atoms with Gasteiger partial charge in [0.1, 0.15) is 5.82 Å². The Labute approximate surface area is 189 Å². The fraction of sp³-hybridized carbons (Fsp3) is 0.458. The number of ether oxygens (including phenoxy) is 1. The van der Waals surface area contributed by atoms with Crippen LogP contribution in [-0.2, 0) is 14.8 Å². The van der Waals surface area contributed by atoms with Crippen molar-refractivity contribution in [2.24, 2.45) is 5.92 Å². The van der Waals surface area contributed by atoms with Crippen LogP contribution in [0.5, 0.6) is 0 Å². The van der Waals surface area contributed by atoms with E-state index < -0.39 is 21.9 Å². The second-order valence-electron chi connectivity index (χ2n) is 8.79. The van der Waals surface area contributed by atoms with Gasteiger partial charge in [-0.25, -0.2) is 12.8 Å². The van der Waals surface area contributed by atoms with Gasteiger partial charge in [0.2, 0.25) is 10.0 Å². The SMILES string of the molecule is Cc1ccc(C(=O)N(CC2CC2)CC2CN(S(=O)(=O)c3ccc(C)c(F)c3)CCO2)cc1. The molecule has 32 heavy (non-hydrogen) atoms. The first-order valence-corrected chi connectivity index (χ1v) is 12.4. The van der Waals surface area contributed by atoms with E-state index in [1.165, 1.54) is 16.4 Å². The molecule has 1 atom stereocenters. The summed E-state index contributed by atoms with van der Waals surface area (Å²) in [4.78, 5) is 14.9. The van der Waals surface area contributed by atoms with Crippen molar-refractivity contribution in [3.05, 3.63) is 65.0 Å². The number of morpholine rings is 1. The van der Waals surface area contributed by atoms with Gasteiger partial charge in [-0.3, -0.25) is 4.79 Å². The first-order valence-electron chi connectivity index (χ1n) is 11.0. The summed E-state index contributed by atoms with van der Waals surface area (Å²) in [5.41, 5.74) is 2.10. The summed E-state index contributed by atoms with van der Waals surface area (Å²) >= 11 is 0. The van der Waals surface area contributed by atoms with Crippen molar-refractivity contribution >= 4 is 15.9 Å². The molecule has 2 aliphatic rings. The van der Waals surface area contributed by atoms with Gasteiger partial charge in [0, 0.05) is 31.7 Å². The fourth-order valence-corrected chi connectivity index (χ4v) is 5.35. The molecule has 0 spiro atoms. The Morgan fingerprint density at radius 3 is 2.50 bits per heavy atom. The van der Waals surface area contributed by atoms with Crippen LogP contribution < -0.4 is 0 Å². The summed E-state index contributed by atoms with van der Waals surface area (Å²) in [6.07, 6.45) is 1.76. The molecule has 6 nitrogen and oxygen atoms in total. The summed E-state index contributed by atoms with van der Waals surface area (Å²) in [5.74, 6) is -0.125. The molecule has 1 amide bonds. The normalized spacial score (nSPS) is 19.7. The van der Waals surface area contributed by atoms with Crippen molar-refractivity contribution < 1.29 is 22.3 Å². The molecule has 4 rings (SSSR count). The average Bonchev–Trinajstić information content (AvgIpc) is 3.59. The molecule has 1 aliphatic heterocycles. The predicted molar refractivity (Wildman–Crippen MR) is 119 cm³/mol. The quantitative estimate of drug-likeness (QED) is 0.635. The third kappa shape index (κ3) is 5.19. The number of hydrogen-bond acceptors (Lipinski definition) is 4. The van der Waals surface area contributed by atoms with Gasteiger partial charge in [-0.15, -0.1) is 0 Å². The molecule has 1 unspecified atom stereocenters. The van der Waals surface area contributed by atoms with Crippen LogP contribution in [0.1, 0.15) is 34.3 Å². The van der Waals surface area contributed by atoms with Crippen molar-refractivity contribution in [3.8, 4) is 0 Å². The Hall–Kier alpha value is -2.29. The molecular weight excluding hydrogens is 431 g/mol. The van der Waals surface area contributed by atoms with Gasteiger partial charge < -0.3 is 9.64 Å². The van der Waals surface area contributed by atoms with Gasteiger partial charge in [0.25, 0.3) is 5.91 Å². The molecule has 1 heterocycles. The molecule has 8 heteroatoms. The van der Waals surface area contributed by atoms with Gasteiger partial charge in [-0.1, -0.05) is 23.8 Å². The molecule has 0 bridgehead atoms. The molecule has 1 aliphatic carbocycles. The number of hydrogen-bond donors (Lipinski definition) is 0. The van der Waals surface area contributed by atoms with E-state index >= 15 is 0 Å². The van der Waals surface area contributed by atoms with Crippen molar-refractivity contribution in [1.82, 2.24) is 9.21 Å². The maximum absolute atomic E-state index is 14.0. The Kier molecular flexibility index (Phi) is 6.65. The van der Waals surface area contributed by atoms with Crippen LogP contribution in [-0.4, -0.2) is 62.4 Å². The number of carbonyl (C=O) groups is 1. The van der Waals surface area contributed by atoms with E-state index in [2.05, 4.69) is 0 Å². The zero-order chi connectivity index (χ0) is 22.9. The molecular formula is C24H29FN2O4S. The second kappa shape index (κ2) is 9.29. The van der Waals surface area contributed by atoms with Gasteiger partial charge >= 0.3 is 0 Å². The number of carbonyl (C=O) groups excluding carboxylic acids is 1. The average molecular weight is 461 g/mol. The van der Waals surface area contributed by atoms with Gasteiger partial charge in [0.15, 0.2) is 0 Å². The maximum atomic E-state index is 14.0. The van der Waals surface area contributed by atoms with E-state index in [-0.39, 0.29) is 30.5 Å². The summed E-state index contributed by atoms with van der Waals surface area (Å²) in [5, 5.41) is 0. The molecule has 0 radical (unpaired) electrons. The lowest BCUT2D eigenvalue weighted by molar-refractivity contribution is -0.0179. The van der Waals surface area contributed by atoms with E-state index in [1.807, 2.05) is 31.2 Å². The lowest BCUT2D eigenvalue weighted by atomic mass is 10.1. The first kappa shape index (κ1) is 22.9. The van der Waals surface area contributed by atoms with E-state index in [9.17, 15) is 17.6 Å². The zero-order valence-corrected chi connectivity index (χ0v) is 19.3. The largest absolute Gasteiger partial charge is 0.374 e. The Morgan fingerprint density at radius 2 is 1.84 bits per heavy atom. The third-order valence-electron chi connectivity index (χ3n) is 6.07. The summed E-state index contributed by atoms with van der Waals surface area (Å²) in [7, 11) is -3.85. The summed E-state index contributed by atoms with van der Waals surface area (Å²) in [6, 6.07) is 11.4. The van der Waals surface area contributed by atoms with Crippen LogP contribution in [0.15, 0.2) is 47.4 Å². The lowest BCUT2D eigenvalue weighted by Gasteiger charge is -2.35. The summed E-state index contributed by atoms with van der Waals surface area (Å²) < 4.78 is 47.3. The molecule has 2 aromatic rings. The Bertz CT molecular complexity index is 1080. The third-order valence-corrected chi connectivity index (χ3v) is 7.93. The molecule has 1 saturated heterocycles. The van der Waals surface area contributed by atoms with Crippen LogP contribution in [0.3, 0.4) is 0 Å². The van der Waals surface area contributed by atoms with Crippen molar-refractivity contribution in [2.75, 3.05) is 32.8 Å². The highest BCUT2D eigenvalue weighted by molar-refractivity contribution is 7.89. The Morgan fingerprint density at radius 1 is 1.12 bits per heavy atom.